The van der Waals surface area contributed by atoms with E-state index in [1.165, 1.54) is 29.7 Å². The SMILES string of the molecule is O=C(N/N=C\c1ccc(N2CCOCC2)o1)c1cc2cc([N+](=O)[O-])ccc2s1. The van der Waals surface area contributed by atoms with Crippen molar-refractivity contribution in [2.24, 2.45) is 5.10 Å². The Hall–Kier alpha value is -3.24. The number of nitro benzene ring substituents is 1. The van der Waals surface area contributed by atoms with Crippen molar-refractivity contribution in [3.63, 3.8) is 0 Å². The Morgan fingerprint density at radius 3 is 2.86 bits per heavy atom. The van der Waals surface area contributed by atoms with Crippen LogP contribution in [-0.4, -0.2) is 43.3 Å². The molecule has 1 amide bonds. The van der Waals surface area contributed by atoms with E-state index in [0.717, 1.165) is 23.7 Å². The summed E-state index contributed by atoms with van der Waals surface area (Å²) in [5.74, 6) is 0.871. The Kier molecular flexibility index (Phi) is 5.04. The Bertz CT molecular complexity index is 1050. The molecular weight excluding hydrogens is 384 g/mol. The highest BCUT2D eigenvalue weighted by atomic mass is 32.1. The van der Waals surface area contributed by atoms with Gasteiger partial charge in [0.1, 0.15) is 5.76 Å². The molecule has 2 aromatic heterocycles. The van der Waals surface area contributed by atoms with E-state index in [1.54, 1.807) is 18.2 Å². The van der Waals surface area contributed by atoms with Crippen molar-refractivity contribution in [3.8, 4) is 0 Å². The van der Waals surface area contributed by atoms with Crippen LogP contribution in [0.5, 0.6) is 0 Å². The first-order valence-corrected chi connectivity index (χ1v) is 9.36. The van der Waals surface area contributed by atoms with E-state index in [4.69, 9.17) is 9.15 Å². The van der Waals surface area contributed by atoms with Gasteiger partial charge in [0.25, 0.3) is 11.6 Å². The third-order valence-corrected chi connectivity index (χ3v) is 5.34. The van der Waals surface area contributed by atoms with Crippen LogP contribution in [0, 0.1) is 10.1 Å². The van der Waals surface area contributed by atoms with Gasteiger partial charge >= 0.3 is 0 Å². The van der Waals surface area contributed by atoms with Crippen LogP contribution >= 0.6 is 11.3 Å². The second-order valence-corrected chi connectivity index (χ2v) is 7.15. The second kappa shape index (κ2) is 7.79. The molecule has 0 atom stereocenters. The number of benzene rings is 1. The smallest absolute Gasteiger partial charge is 0.281 e. The van der Waals surface area contributed by atoms with E-state index in [0.29, 0.717) is 29.2 Å². The van der Waals surface area contributed by atoms with Crippen LogP contribution in [-0.2, 0) is 4.74 Å². The molecule has 3 heterocycles. The number of anilines is 1. The highest BCUT2D eigenvalue weighted by Crippen LogP contribution is 2.28. The van der Waals surface area contributed by atoms with Gasteiger partial charge in [0.05, 0.1) is 29.2 Å². The molecule has 10 heteroatoms. The number of ether oxygens (including phenoxy) is 1. The summed E-state index contributed by atoms with van der Waals surface area (Å²) in [6.07, 6.45) is 1.43. The Labute approximate surface area is 163 Å². The lowest BCUT2D eigenvalue weighted by molar-refractivity contribution is -0.384. The highest BCUT2D eigenvalue weighted by molar-refractivity contribution is 7.20. The number of fused-ring (bicyclic) bond motifs is 1. The minimum absolute atomic E-state index is 0.0100. The van der Waals surface area contributed by atoms with Crippen LogP contribution in [0.2, 0.25) is 0 Å². The zero-order chi connectivity index (χ0) is 19.5. The number of morpholine rings is 1. The lowest BCUT2D eigenvalue weighted by Gasteiger charge is -2.26. The summed E-state index contributed by atoms with van der Waals surface area (Å²) in [6.45, 7) is 2.87. The average molecular weight is 400 g/mol. The Morgan fingerprint density at radius 1 is 1.25 bits per heavy atom. The number of thiophene rings is 1. The number of nitrogens with one attached hydrogen (secondary N) is 1. The maximum absolute atomic E-state index is 12.3. The zero-order valence-corrected chi connectivity index (χ0v) is 15.5. The summed E-state index contributed by atoms with van der Waals surface area (Å²) in [5.41, 5.74) is 2.44. The predicted octanol–water partition coefficient (Wildman–Crippen LogP) is 3.00. The number of carbonyl (C=O) groups excluding carboxylic acids is 1. The summed E-state index contributed by atoms with van der Waals surface area (Å²) in [5, 5.41) is 15.4. The summed E-state index contributed by atoms with van der Waals surface area (Å²) >= 11 is 1.24. The topological polar surface area (TPSA) is 110 Å². The standard InChI is InChI=1S/C18H16N4O5S/c23-18(16-10-12-9-13(22(24)25)1-3-15(12)28-16)20-19-11-14-2-4-17(27-14)21-5-7-26-8-6-21/h1-4,9-11H,5-8H2,(H,20,23)/b19-11-. The molecule has 144 valence electrons. The summed E-state index contributed by atoms with van der Waals surface area (Å²) < 4.78 is 11.8. The predicted molar refractivity (Wildman–Crippen MR) is 105 cm³/mol. The van der Waals surface area contributed by atoms with Crippen LogP contribution in [0.1, 0.15) is 15.4 Å². The zero-order valence-electron chi connectivity index (χ0n) is 14.7. The van der Waals surface area contributed by atoms with Gasteiger partial charge in [-0.15, -0.1) is 11.3 Å². The molecular formula is C18H16N4O5S. The van der Waals surface area contributed by atoms with Crippen LogP contribution in [0.4, 0.5) is 11.6 Å². The summed E-state index contributed by atoms with van der Waals surface area (Å²) in [7, 11) is 0. The molecule has 0 bridgehead atoms. The van der Waals surface area contributed by atoms with Gasteiger partial charge in [-0.3, -0.25) is 14.9 Å². The van der Waals surface area contributed by atoms with Crippen molar-refractivity contribution in [1.29, 1.82) is 0 Å². The number of nitro groups is 1. The Balaban J connectivity index is 1.40. The van der Waals surface area contributed by atoms with Gasteiger partial charge in [-0.1, -0.05) is 0 Å². The molecule has 0 spiro atoms. The number of hydrogen-bond donors (Lipinski definition) is 1. The van der Waals surface area contributed by atoms with E-state index in [-0.39, 0.29) is 11.6 Å². The monoisotopic (exact) mass is 400 g/mol. The molecule has 0 unspecified atom stereocenters. The molecule has 0 radical (unpaired) electrons. The molecule has 1 aliphatic rings. The quantitative estimate of drug-likeness (QED) is 0.400. The van der Waals surface area contributed by atoms with Gasteiger partial charge in [-0.2, -0.15) is 5.10 Å². The van der Waals surface area contributed by atoms with Gasteiger partial charge in [-0.25, -0.2) is 5.43 Å². The molecule has 1 saturated heterocycles. The van der Waals surface area contributed by atoms with Gasteiger partial charge < -0.3 is 14.1 Å². The fourth-order valence-corrected chi connectivity index (χ4v) is 3.76. The van der Waals surface area contributed by atoms with E-state index in [9.17, 15) is 14.9 Å². The molecule has 1 aliphatic heterocycles. The molecule has 28 heavy (non-hydrogen) atoms. The molecule has 1 aromatic carbocycles. The van der Waals surface area contributed by atoms with E-state index < -0.39 is 4.92 Å². The number of furan rings is 1. The number of carbonyl (C=O) groups is 1. The van der Waals surface area contributed by atoms with Crippen LogP contribution in [0.15, 0.2) is 45.9 Å². The van der Waals surface area contributed by atoms with Crippen LogP contribution < -0.4 is 10.3 Å². The number of hydrogen-bond acceptors (Lipinski definition) is 8. The lowest BCUT2D eigenvalue weighted by Crippen LogP contribution is -2.35. The van der Waals surface area contributed by atoms with E-state index >= 15 is 0 Å². The average Bonchev–Trinajstić information content (AvgIpc) is 3.35. The van der Waals surface area contributed by atoms with Crippen molar-refractivity contribution < 1.29 is 18.9 Å². The van der Waals surface area contributed by atoms with Gasteiger partial charge in [0.2, 0.25) is 0 Å². The first-order chi connectivity index (χ1) is 13.6. The molecule has 0 saturated carbocycles. The fraction of sp³-hybridized carbons (Fsp3) is 0.222. The molecule has 1 N–H and O–H groups in total. The largest absolute Gasteiger partial charge is 0.440 e. The van der Waals surface area contributed by atoms with Crippen molar-refractivity contribution in [1.82, 2.24) is 5.43 Å². The maximum Gasteiger partial charge on any atom is 0.281 e. The van der Waals surface area contributed by atoms with Crippen LogP contribution in [0.25, 0.3) is 10.1 Å². The Morgan fingerprint density at radius 2 is 2.07 bits per heavy atom. The van der Waals surface area contributed by atoms with Crippen molar-refractivity contribution in [2.45, 2.75) is 0 Å². The first-order valence-electron chi connectivity index (χ1n) is 8.54. The molecule has 0 aliphatic carbocycles. The highest BCUT2D eigenvalue weighted by Gasteiger charge is 2.15. The minimum atomic E-state index is -0.463. The normalized spacial score (nSPS) is 14.6. The van der Waals surface area contributed by atoms with Crippen molar-refractivity contribution >= 4 is 45.1 Å². The third-order valence-electron chi connectivity index (χ3n) is 4.23. The number of amides is 1. The first kappa shape index (κ1) is 18.1. The van der Waals surface area contributed by atoms with Gasteiger partial charge in [-0.05, 0) is 18.2 Å². The number of non-ortho nitro benzene ring substituents is 1. The van der Waals surface area contributed by atoms with Gasteiger partial charge in [0.15, 0.2) is 5.88 Å². The van der Waals surface area contributed by atoms with Crippen molar-refractivity contribution in [3.05, 3.63) is 57.1 Å². The summed E-state index contributed by atoms with van der Waals surface area (Å²) in [4.78, 5) is 25.2. The fourth-order valence-electron chi connectivity index (χ4n) is 2.83. The molecule has 4 rings (SSSR count). The van der Waals surface area contributed by atoms with E-state index in [1.807, 2.05) is 6.07 Å². The number of rotatable bonds is 5. The summed E-state index contributed by atoms with van der Waals surface area (Å²) in [6, 6.07) is 9.74. The van der Waals surface area contributed by atoms with Crippen molar-refractivity contribution in [2.75, 3.05) is 31.2 Å². The third kappa shape index (κ3) is 3.87. The van der Waals surface area contributed by atoms with Crippen LogP contribution in [0.3, 0.4) is 0 Å². The second-order valence-electron chi connectivity index (χ2n) is 6.06. The number of nitrogens with zero attached hydrogens (tertiary/aromatic N) is 3. The lowest BCUT2D eigenvalue weighted by atomic mass is 10.2. The van der Waals surface area contributed by atoms with E-state index in [2.05, 4.69) is 15.4 Å². The minimum Gasteiger partial charge on any atom is -0.440 e. The maximum atomic E-state index is 12.3. The number of hydrazone groups is 1. The molecule has 1 fully saturated rings. The molecule has 9 nitrogen and oxygen atoms in total. The molecule has 3 aromatic rings. The van der Waals surface area contributed by atoms with Gasteiger partial charge in [0, 0.05) is 41.4 Å².